The summed E-state index contributed by atoms with van der Waals surface area (Å²) in [6.45, 7) is 3.20. The van der Waals surface area contributed by atoms with Gasteiger partial charge in [-0.1, -0.05) is 13.3 Å². The van der Waals surface area contributed by atoms with Gasteiger partial charge in [0.1, 0.15) is 6.04 Å². The zero-order valence-electron chi connectivity index (χ0n) is 12.4. The Kier molecular flexibility index (Phi) is 7.15. The molecule has 6 nitrogen and oxygen atoms in total. The third kappa shape index (κ3) is 4.28. The van der Waals surface area contributed by atoms with E-state index < -0.39 is 12.0 Å². The summed E-state index contributed by atoms with van der Waals surface area (Å²) in [5.41, 5.74) is 0. The number of nitrogens with zero attached hydrogens (tertiary/aromatic N) is 2. The van der Waals surface area contributed by atoms with Crippen molar-refractivity contribution in [1.29, 1.82) is 0 Å². The molecule has 2 amide bonds. The summed E-state index contributed by atoms with van der Waals surface area (Å²) in [7, 11) is 3.33. The summed E-state index contributed by atoms with van der Waals surface area (Å²) in [6.07, 6.45) is 2.50. The average molecular weight is 304 g/mol. The molecule has 0 saturated carbocycles. The number of carboxylic acid groups (broad SMARTS) is 1. The molecule has 0 aliphatic carbocycles. The molecule has 0 spiro atoms. The first-order valence-electron chi connectivity index (χ1n) is 6.89. The number of carboxylic acids is 1. The molecule has 1 rings (SSSR count). The second-order valence-corrected chi connectivity index (χ2v) is 6.10. The molecule has 7 heteroatoms. The highest BCUT2D eigenvalue weighted by Crippen LogP contribution is 2.33. The topological polar surface area (TPSA) is 70.1 Å². The number of carbonyl (C=O) groups excluding carboxylic acids is 1. The highest BCUT2D eigenvalue weighted by molar-refractivity contribution is 8.00. The Balaban J connectivity index is 2.70. The molecular weight excluding hydrogens is 280 g/mol. The van der Waals surface area contributed by atoms with E-state index >= 15 is 0 Å². The molecule has 1 fully saturated rings. The van der Waals surface area contributed by atoms with Crippen LogP contribution in [0.25, 0.3) is 0 Å². The van der Waals surface area contributed by atoms with Crippen LogP contribution in [0, 0.1) is 0 Å². The number of hydrogen-bond acceptors (Lipinski definition) is 4. The highest BCUT2D eigenvalue weighted by atomic mass is 32.2. The van der Waals surface area contributed by atoms with E-state index in [9.17, 15) is 14.7 Å². The number of aliphatic carboxylic acids is 1. The van der Waals surface area contributed by atoms with Crippen LogP contribution >= 0.6 is 11.8 Å². The van der Waals surface area contributed by atoms with Crippen LogP contribution < -0.4 is 0 Å². The van der Waals surface area contributed by atoms with Crippen molar-refractivity contribution in [3.05, 3.63) is 0 Å². The van der Waals surface area contributed by atoms with Gasteiger partial charge in [-0.25, -0.2) is 9.59 Å². The molecule has 0 aromatic carbocycles. The van der Waals surface area contributed by atoms with E-state index in [-0.39, 0.29) is 11.4 Å². The minimum absolute atomic E-state index is 0.0292. The number of amides is 2. The van der Waals surface area contributed by atoms with Crippen LogP contribution in [-0.2, 0) is 9.53 Å². The maximum absolute atomic E-state index is 12.5. The molecular formula is C13H24N2O4S. The fourth-order valence-corrected chi connectivity index (χ4v) is 3.73. The van der Waals surface area contributed by atoms with Crippen LogP contribution in [0.5, 0.6) is 0 Å². The van der Waals surface area contributed by atoms with Gasteiger partial charge in [0.25, 0.3) is 0 Å². The first kappa shape index (κ1) is 17.1. The molecule has 0 aromatic rings. The number of ether oxygens (including phenoxy) is 1. The van der Waals surface area contributed by atoms with Crippen molar-refractivity contribution in [3.8, 4) is 0 Å². The first-order chi connectivity index (χ1) is 9.52. The van der Waals surface area contributed by atoms with Crippen molar-refractivity contribution >= 4 is 23.8 Å². The standard InChI is InChI=1S/C13H24N2O4S/c1-4-6-11-15(10(9-20-11)12(16)17)13(18)14(2)7-5-8-19-3/h10-11H,4-9H2,1-3H3,(H,16,17). The second kappa shape index (κ2) is 8.36. The van der Waals surface area contributed by atoms with E-state index in [1.54, 1.807) is 30.8 Å². The maximum Gasteiger partial charge on any atom is 0.327 e. The van der Waals surface area contributed by atoms with Gasteiger partial charge >= 0.3 is 12.0 Å². The molecule has 2 unspecified atom stereocenters. The van der Waals surface area contributed by atoms with E-state index in [1.807, 2.05) is 6.92 Å². The summed E-state index contributed by atoms with van der Waals surface area (Å²) in [4.78, 5) is 26.9. The molecule has 116 valence electrons. The normalized spacial score (nSPS) is 22.1. The summed E-state index contributed by atoms with van der Waals surface area (Å²) in [5, 5.41) is 9.24. The Labute approximate surface area is 124 Å². The van der Waals surface area contributed by atoms with E-state index in [2.05, 4.69) is 0 Å². The van der Waals surface area contributed by atoms with Gasteiger partial charge in [0.15, 0.2) is 0 Å². The van der Waals surface area contributed by atoms with Crippen LogP contribution in [0.3, 0.4) is 0 Å². The van der Waals surface area contributed by atoms with Crippen molar-refractivity contribution in [3.63, 3.8) is 0 Å². The van der Waals surface area contributed by atoms with Crippen molar-refractivity contribution in [2.75, 3.05) is 33.1 Å². The Morgan fingerprint density at radius 1 is 1.50 bits per heavy atom. The Morgan fingerprint density at radius 2 is 2.20 bits per heavy atom. The van der Waals surface area contributed by atoms with Gasteiger partial charge in [-0.3, -0.25) is 4.90 Å². The lowest BCUT2D eigenvalue weighted by Gasteiger charge is -2.31. The van der Waals surface area contributed by atoms with Gasteiger partial charge in [-0.15, -0.1) is 11.8 Å². The molecule has 1 aliphatic rings. The monoisotopic (exact) mass is 304 g/mol. The van der Waals surface area contributed by atoms with Gasteiger partial charge in [0.05, 0.1) is 5.37 Å². The first-order valence-corrected chi connectivity index (χ1v) is 7.94. The Bertz CT molecular complexity index is 340. The number of methoxy groups -OCH3 is 1. The lowest BCUT2D eigenvalue weighted by atomic mass is 10.2. The number of thioether (sulfide) groups is 1. The quantitative estimate of drug-likeness (QED) is 0.725. The second-order valence-electron chi connectivity index (χ2n) is 4.89. The molecule has 20 heavy (non-hydrogen) atoms. The largest absolute Gasteiger partial charge is 0.480 e. The van der Waals surface area contributed by atoms with Crippen LogP contribution in [0.15, 0.2) is 0 Å². The summed E-state index contributed by atoms with van der Waals surface area (Å²) in [5.74, 6) is -0.452. The number of rotatable bonds is 7. The predicted octanol–water partition coefficient (Wildman–Crippen LogP) is 1.70. The van der Waals surface area contributed by atoms with E-state index in [1.165, 1.54) is 4.90 Å². The average Bonchev–Trinajstić information content (AvgIpc) is 2.82. The van der Waals surface area contributed by atoms with Gasteiger partial charge in [0, 0.05) is 33.1 Å². The zero-order chi connectivity index (χ0) is 15.1. The van der Waals surface area contributed by atoms with Crippen LogP contribution in [-0.4, -0.2) is 71.4 Å². The molecule has 0 radical (unpaired) electrons. The molecule has 0 bridgehead atoms. The van der Waals surface area contributed by atoms with Gasteiger partial charge in [-0.05, 0) is 12.8 Å². The van der Waals surface area contributed by atoms with Crippen molar-refractivity contribution in [2.24, 2.45) is 0 Å². The lowest BCUT2D eigenvalue weighted by Crippen LogP contribution is -2.50. The van der Waals surface area contributed by atoms with Crippen LogP contribution in [0.2, 0.25) is 0 Å². The molecule has 1 heterocycles. The smallest absolute Gasteiger partial charge is 0.327 e. The summed E-state index contributed by atoms with van der Waals surface area (Å²) in [6, 6.07) is -0.911. The minimum Gasteiger partial charge on any atom is -0.480 e. The van der Waals surface area contributed by atoms with Crippen LogP contribution in [0.1, 0.15) is 26.2 Å². The fraction of sp³-hybridized carbons (Fsp3) is 0.846. The van der Waals surface area contributed by atoms with Gasteiger partial charge in [-0.2, -0.15) is 0 Å². The molecule has 0 aromatic heterocycles. The van der Waals surface area contributed by atoms with Crippen LogP contribution in [0.4, 0.5) is 4.79 Å². The van der Waals surface area contributed by atoms with Crippen molar-refractivity contribution < 1.29 is 19.4 Å². The Hall–Kier alpha value is -0.950. The van der Waals surface area contributed by atoms with Crippen molar-refractivity contribution in [2.45, 2.75) is 37.6 Å². The SMILES string of the molecule is CCCC1SCC(C(=O)O)N1C(=O)N(C)CCCOC. The predicted molar refractivity (Wildman–Crippen MR) is 78.9 cm³/mol. The molecule has 2 atom stereocenters. The number of urea groups is 1. The molecule has 1 aliphatic heterocycles. The highest BCUT2D eigenvalue weighted by Gasteiger charge is 2.42. The summed E-state index contributed by atoms with van der Waals surface area (Å²) >= 11 is 1.56. The van der Waals surface area contributed by atoms with E-state index in [0.29, 0.717) is 18.9 Å². The molecule has 1 saturated heterocycles. The fourth-order valence-electron chi connectivity index (χ4n) is 2.22. The maximum atomic E-state index is 12.5. The summed E-state index contributed by atoms with van der Waals surface area (Å²) < 4.78 is 4.97. The third-order valence-corrected chi connectivity index (χ3v) is 4.66. The third-order valence-electron chi connectivity index (χ3n) is 3.30. The Morgan fingerprint density at radius 3 is 2.75 bits per heavy atom. The molecule has 1 N–H and O–H groups in total. The minimum atomic E-state index is -0.922. The van der Waals surface area contributed by atoms with E-state index in [0.717, 1.165) is 19.3 Å². The van der Waals surface area contributed by atoms with E-state index in [4.69, 9.17) is 4.74 Å². The van der Waals surface area contributed by atoms with Crippen molar-refractivity contribution in [1.82, 2.24) is 9.80 Å². The zero-order valence-corrected chi connectivity index (χ0v) is 13.2. The number of hydrogen-bond donors (Lipinski definition) is 1. The number of carbonyl (C=O) groups is 2. The van der Waals surface area contributed by atoms with Gasteiger partial charge < -0.3 is 14.7 Å². The lowest BCUT2D eigenvalue weighted by molar-refractivity contribution is -0.141. The van der Waals surface area contributed by atoms with Gasteiger partial charge in [0.2, 0.25) is 0 Å².